The SMILES string of the molecule is CCOc1ccccc1.[CH2-]Cl.[Pd]. The molecule has 0 bridgehead atoms. The van der Waals surface area contributed by atoms with Crippen LogP contribution in [0.25, 0.3) is 0 Å². The van der Waals surface area contributed by atoms with Gasteiger partial charge in [-0.2, -0.15) is 0 Å². The van der Waals surface area contributed by atoms with Crippen LogP contribution in [0.2, 0.25) is 0 Å². The molecule has 0 aliphatic carbocycles. The third-order valence-electron chi connectivity index (χ3n) is 1.05. The van der Waals surface area contributed by atoms with E-state index in [1.54, 1.807) is 0 Å². The predicted molar refractivity (Wildman–Crippen MR) is 48.8 cm³/mol. The maximum Gasteiger partial charge on any atom is 0.119 e. The van der Waals surface area contributed by atoms with Gasteiger partial charge in [-0.25, -0.2) is 0 Å². The first-order chi connectivity index (χ1) is 5.43. The molecule has 0 spiro atoms. The zero-order valence-electron chi connectivity index (χ0n) is 6.90. The molecular formula is C9H12ClOPd-. The molecule has 12 heavy (non-hydrogen) atoms. The summed E-state index contributed by atoms with van der Waals surface area (Å²) in [7, 11) is 0. The van der Waals surface area contributed by atoms with Crippen LogP contribution in [0.3, 0.4) is 0 Å². The van der Waals surface area contributed by atoms with Crippen LogP contribution < -0.4 is 4.74 Å². The number of benzene rings is 1. The summed E-state index contributed by atoms with van der Waals surface area (Å²) in [5.74, 6) is 0.944. The van der Waals surface area contributed by atoms with Crippen LogP contribution in [-0.4, -0.2) is 6.61 Å². The smallest absolute Gasteiger partial charge is 0.119 e. The first-order valence-electron chi connectivity index (χ1n) is 3.38. The fourth-order valence-corrected chi connectivity index (χ4v) is 0.683. The van der Waals surface area contributed by atoms with Gasteiger partial charge in [0.25, 0.3) is 0 Å². The monoisotopic (exact) mass is 277 g/mol. The summed E-state index contributed by atoms with van der Waals surface area (Å²) in [5, 5.41) is 0. The van der Waals surface area contributed by atoms with E-state index in [1.165, 1.54) is 0 Å². The van der Waals surface area contributed by atoms with Crippen molar-refractivity contribution in [3.8, 4) is 5.75 Å². The largest absolute Gasteiger partial charge is 0.494 e. The molecule has 0 N–H and O–H groups in total. The van der Waals surface area contributed by atoms with Crippen LogP contribution in [0, 0.1) is 6.38 Å². The van der Waals surface area contributed by atoms with Crippen LogP contribution in [-0.2, 0) is 20.4 Å². The summed E-state index contributed by atoms with van der Waals surface area (Å²) in [4.78, 5) is 0. The fraction of sp³-hybridized carbons (Fsp3) is 0.222. The molecule has 0 aliphatic rings. The zero-order valence-corrected chi connectivity index (χ0v) is 9.21. The van der Waals surface area contributed by atoms with Gasteiger partial charge < -0.3 is 16.3 Å². The van der Waals surface area contributed by atoms with Gasteiger partial charge in [-0.3, -0.25) is 6.38 Å². The Morgan fingerprint density at radius 2 is 1.75 bits per heavy atom. The van der Waals surface area contributed by atoms with Crippen molar-refractivity contribution in [2.45, 2.75) is 6.92 Å². The van der Waals surface area contributed by atoms with Crippen LogP contribution in [0.15, 0.2) is 30.3 Å². The Kier molecular flexibility index (Phi) is 13.3. The fourth-order valence-electron chi connectivity index (χ4n) is 0.683. The Balaban J connectivity index is 0. The van der Waals surface area contributed by atoms with E-state index in [0.29, 0.717) is 0 Å². The van der Waals surface area contributed by atoms with Crippen molar-refractivity contribution < 1.29 is 25.2 Å². The molecule has 0 amide bonds. The molecule has 1 aromatic carbocycles. The summed E-state index contributed by atoms with van der Waals surface area (Å²) in [6.45, 7) is 2.72. The molecule has 0 saturated carbocycles. The van der Waals surface area contributed by atoms with Gasteiger partial charge >= 0.3 is 0 Å². The van der Waals surface area contributed by atoms with Crippen LogP contribution in [0.5, 0.6) is 5.75 Å². The van der Waals surface area contributed by atoms with Gasteiger partial charge in [0.2, 0.25) is 0 Å². The topological polar surface area (TPSA) is 9.23 Å². The molecule has 0 saturated heterocycles. The van der Waals surface area contributed by atoms with Crippen molar-refractivity contribution in [2.75, 3.05) is 6.61 Å². The van der Waals surface area contributed by atoms with Crippen LogP contribution in [0.1, 0.15) is 6.92 Å². The predicted octanol–water partition coefficient (Wildman–Crippen LogP) is 3.10. The van der Waals surface area contributed by atoms with Crippen molar-refractivity contribution >= 4 is 11.6 Å². The quantitative estimate of drug-likeness (QED) is 0.596. The Bertz CT molecular complexity index is 167. The first kappa shape index (κ1) is 14.5. The van der Waals surface area contributed by atoms with E-state index in [2.05, 4.69) is 18.0 Å². The van der Waals surface area contributed by atoms with E-state index in [1.807, 2.05) is 37.3 Å². The van der Waals surface area contributed by atoms with E-state index in [4.69, 9.17) is 4.74 Å². The Morgan fingerprint density at radius 3 is 2.17 bits per heavy atom. The summed E-state index contributed by atoms with van der Waals surface area (Å²) in [6.07, 6.45) is 2.72. The Labute approximate surface area is 92.7 Å². The number of halogens is 1. The van der Waals surface area contributed by atoms with E-state index < -0.39 is 0 Å². The molecule has 3 heteroatoms. The molecule has 0 radical (unpaired) electrons. The average molecular weight is 278 g/mol. The second-order valence-electron chi connectivity index (χ2n) is 1.75. The van der Waals surface area contributed by atoms with Gasteiger partial charge in [0.05, 0.1) is 6.61 Å². The minimum atomic E-state index is 0. The third-order valence-corrected chi connectivity index (χ3v) is 1.05. The minimum Gasteiger partial charge on any atom is -0.494 e. The second kappa shape index (κ2) is 11.0. The molecule has 0 heterocycles. The van der Waals surface area contributed by atoms with Gasteiger partial charge in [0.1, 0.15) is 5.75 Å². The zero-order chi connectivity index (χ0) is 8.53. The molecule has 1 nitrogen and oxygen atoms in total. The molecule has 72 valence electrons. The number of para-hydroxylation sites is 1. The number of rotatable bonds is 2. The van der Waals surface area contributed by atoms with E-state index >= 15 is 0 Å². The van der Waals surface area contributed by atoms with Crippen LogP contribution in [0.4, 0.5) is 0 Å². The average Bonchev–Trinajstić information content (AvgIpc) is 2.11. The molecule has 0 aromatic heterocycles. The molecule has 0 atom stereocenters. The van der Waals surface area contributed by atoms with Crippen molar-refractivity contribution in [2.24, 2.45) is 0 Å². The summed E-state index contributed by atoms with van der Waals surface area (Å²) >= 11 is 4.39. The molecule has 1 rings (SSSR count). The van der Waals surface area contributed by atoms with Gasteiger partial charge in [-0.1, -0.05) is 18.2 Å². The summed E-state index contributed by atoms with van der Waals surface area (Å²) in [6, 6.07) is 9.80. The van der Waals surface area contributed by atoms with Gasteiger partial charge in [-0.05, 0) is 19.1 Å². The van der Waals surface area contributed by atoms with Crippen molar-refractivity contribution in [3.05, 3.63) is 36.7 Å². The Morgan fingerprint density at radius 1 is 1.25 bits per heavy atom. The minimum absolute atomic E-state index is 0. The van der Waals surface area contributed by atoms with E-state index in [0.717, 1.165) is 12.4 Å². The Hall–Kier alpha value is -0.0277. The van der Waals surface area contributed by atoms with Crippen molar-refractivity contribution in [1.29, 1.82) is 0 Å². The van der Waals surface area contributed by atoms with Gasteiger partial charge in [0.15, 0.2) is 0 Å². The number of hydrogen-bond acceptors (Lipinski definition) is 1. The second-order valence-corrected chi connectivity index (χ2v) is 1.75. The summed E-state index contributed by atoms with van der Waals surface area (Å²) < 4.78 is 5.21. The molecule has 1 aromatic rings. The maximum atomic E-state index is 5.21. The standard InChI is InChI=1S/C8H10O.CH2Cl.Pd/c1-2-9-8-6-4-3-5-7-8;1-2;/h3-7H,2H2,1H3;1H2;/q;-1;. The first-order valence-corrected chi connectivity index (χ1v) is 3.91. The maximum absolute atomic E-state index is 5.21. The van der Waals surface area contributed by atoms with Gasteiger partial charge in [0, 0.05) is 20.4 Å². The molecule has 0 aliphatic heterocycles. The molecule has 0 fully saturated rings. The third kappa shape index (κ3) is 6.67. The molecule has 0 unspecified atom stereocenters. The summed E-state index contributed by atoms with van der Waals surface area (Å²) in [5.41, 5.74) is 0. The molecular weight excluding hydrogens is 266 g/mol. The van der Waals surface area contributed by atoms with Gasteiger partial charge in [-0.15, -0.1) is 0 Å². The van der Waals surface area contributed by atoms with Crippen LogP contribution >= 0.6 is 11.6 Å². The normalized spacial score (nSPS) is 7.25. The number of hydrogen-bond donors (Lipinski definition) is 0. The van der Waals surface area contributed by atoms with E-state index in [-0.39, 0.29) is 20.4 Å². The van der Waals surface area contributed by atoms with Crippen molar-refractivity contribution in [3.63, 3.8) is 0 Å². The van der Waals surface area contributed by atoms with E-state index in [9.17, 15) is 0 Å². The van der Waals surface area contributed by atoms with Crippen molar-refractivity contribution in [1.82, 2.24) is 0 Å². The number of ether oxygens (including phenoxy) is 1.